The van der Waals surface area contributed by atoms with E-state index in [1.54, 1.807) is 12.1 Å². The van der Waals surface area contributed by atoms with Gasteiger partial charge in [0, 0.05) is 18.1 Å². The molecule has 1 aromatic carbocycles. The number of unbranched alkanes of at least 4 members (excludes halogenated alkanes) is 1. The highest BCUT2D eigenvalue weighted by Crippen LogP contribution is 2.17. The number of aromatic carboxylic acids is 1. The second-order valence-electron chi connectivity index (χ2n) is 4.70. The number of para-hydroxylation sites is 1. The monoisotopic (exact) mass is 259 g/mol. The summed E-state index contributed by atoms with van der Waals surface area (Å²) in [5.41, 5.74) is 1.27. The lowest BCUT2D eigenvalue weighted by Crippen LogP contribution is -2.19. The summed E-state index contributed by atoms with van der Waals surface area (Å²) in [6.07, 6.45) is 3.43. The Morgan fingerprint density at radius 2 is 2.11 bits per heavy atom. The summed E-state index contributed by atoms with van der Waals surface area (Å²) in [6.45, 7) is 4.73. The molecule has 2 rings (SSSR count). The SMILES string of the molecule is CCCCn1cc(C(=O)O)c(=O)c2cccc(C)c21. The molecule has 1 N–H and O–H groups in total. The van der Waals surface area contributed by atoms with Gasteiger partial charge in [-0.05, 0) is 25.0 Å². The molecule has 0 radical (unpaired) electrons. The number of nitrogens with zero attached hydrogens (tertiary/aromatic N) is 1. The highest BCUT2D eigenvalue weighted by Gasteiger charge is 2.15. The average Bonchev–Trinajstić information content (AvgIpc) is 2.38. The lowest BCUT2D eigenvalue weighted by molar-refractivity contribution is 0.0695. The summed E-state index contributed by atoms with van der Waals surface area (Å²) < 4.78 is 1.89. The summed E-state index contributed by atoms with van der Waals surface area (Å²) in [7, 11) is 0. The molecular formula is C15H17NO3. The number of rotatable bonds is 4. The standard InChI is InChI=1S/C15H17NO3/c1-3-4-8-16-9-12(15(18)19)14(17)11-7-5-6-10(2)13(11)16/h5-7,9H,3-4,8H2,1-2H3,(H,18,19). The zero-order chi connectivity index (χ0) is 14.0. The van der Waals surface area contributed by atoms with E-state index in [2.05, 4.69) is 6.92 Å². The van der Waals surface area contributed by atoms with Gasteiger partial charge in [-0.1, -0.05) is 25.5 Å². The van der Waals surface area contributed by atoms with E-state index >= 15 is 0 Å². The first-order valence-corrected chi connectivity index (χ1v) is 6.42. The van der Waals surface area contributed by atoms with E-state index in [1.165, 1.54) is 6.20 Å². The Kier molecular flexibility index (Phi) is 3.69. The Hall–Kier alpha value is -2.10. The number of carboxylic acids is 1. The van der Waals surface area contributed by atoms with Crippen LogP contribution < -0.4 is 5.43 Å². The van der Waals surface area contributed by atoms with Gasteiger partial charge in [0.25, 0.3) is 0 Å². The topological polar surface area (TPSA) is 59.3 Å². The lowest BCUT2D eigenvalue weighted by Gasteiger charge is -2.13. The Morgan fingerprint density at radius 3 is 2.74 bits per heavy atom. The molecule has 0 bridgehead atoms. The summed E-state index contributed by atoms with van der Waals surface area (Å²) in [5.74, 6) is -1.17. The first-order valence-electron chi connectivity index (χ1n) is 6.42. The van der Waals surface area contributed by atoms with E-state index in [1.807, 2.05) is 17.6 Å². The molecule has 0 amide bonds. The molecule has 0 spiro atoms. The van der Waals surface area contributed by atoms with Crippen LogP contribution in [0.3, 0.4) is 0 Å². The van der Waals surface area contributed by atoms with Crippen molar-refractivity contribution in [3.8, 4) is 0 Å². The van der Waals surface area contributed by atoms with E-state index in [0.717, 1.165) is 30.5 Å². The van der Waals surface area contributed by atoms with Gasteiger partial charge in [0.05, 0.1) is 5.52 Å². The van der Waals surface area contributed by atoms with Gasteiger partial charge in [-0.15, -0.1) is 0 Å². The van der Waals surface area contributed by atoms with Crippen LogP contribution in [-0.2, 0) is 6.54 Å². The van der Waals surface area contributed by atoms with Crippen LogP contribution >= 0.6 is 0 Å². The van der Waals surface area contributed by atoms with Crippen molar-refractivity contribution in [3.05, 3.63) is 45.7 Å². The molecule has 0 saturated carbocycles. The zero-order valence-electron chi connectivity index (χ0n) is 11.1. The Morgan fingerprint density at radius 1 is 1.37 bits per heavy atom. The van der Waals surface area contributed by atoms with Gasteiger partial charge in [0.1, 0.15) is 5.56 Å². The third-order valence-corrected chi connectivity index (χ3v) is 3.28. The van der Waals surface area contributed by atoms with Crippen molar-refractivity contribution in [2.24, 2.45) is 0 Å². The predicted octanol–water partition coefficient (Wildman–Crippen LogP) is 2.81. The first-order chi connectivity index (χ1) is 9.06. The summed E-state index contributed by atoms with van der Waals surface area (Å²) in [6, 6.07) is 5.42. The highest BCUT2D eigenvalue weighted by molar-refractivity contribution is 5.93. The van der Waals surface area contributed by atoms with Gasteiger partial charge in [0.2, 0.25) is 5.43 Å². The lowest BCUT2D eigenvalue weighted by atomic mass is 10.1. The van der Waals surface area contributed by atoms with Crippen molar-refractivity contribution >= 4 is 16.9 Å². The van der Waals surface area contributed by atoms with E-state index in [4.69, 9.17) is 5.11 Å². The van der Waals surface area contributed by atoms with Gasteiger partial charge in [-0.2, -0.15) is 0 Å². The molecule has 0 atom stereocenters. The van der Waals surface area contributed by atoms with Gasteiger partial charge < -0.3 is 9.67 Å². The number of aromatic nitrogens is 1. The van der Waals surface area contributed by atoms with E-state index in [-0.39, 0.29) is 5.56 Å². The second kappa shape index (κ2) is 5.26. The minimum atomic E-state index is -1.17. The van der Waals surface area contributed by atoms with Crippen molar-refractivity contribution < 1.29 is 9.90 Å². The number of carboxylic acid groups (broad SMARTS) is 1. The fraction of sp³-hybridized carbons (Fsp3) is 0.333. The van der Waals surface area contributed by atoms with Crippen LogP contribution in [0.5, 0.6) is 0 Å². The largest absolute Gasteiger partial charge is 0.477 e. The second-order valence-corrected chi connectivity index (χ2v) is 4.70. The number of fused-ring (bicyclic) bond motifs is 1. The van der Waals surface area contributed by atoms with Gasteiger partial charge >= 0.3 is 5.97 Å². The molecule has 19 heavy (non-hydrogen) atoms. The molecule has 0 aliphatic carbocycles. The minimum absolute atomic E-state index is 0.158. The normalized spacial score (nSPS) is 10.8. The van der Waals surface area contributed by atoms with Crippen LogP contribution in [0.25, 0.3) is 10.9 Å². The number of aryl methyl sites for hydroxylation is 2. The fourth-order valence-electron chi connectivity index (χ4n) is 2.30. The Balaban J connectivity index is 2.80. The molecule has 4 heteroatoms. The van der Waals surface area contributed by atoms with E-state index in [9.17, 15) is 9.59 Å². The van der Waals surface area contributed by atoms with E-state index in [0.29, 0.717) is 5.39 Å². The van der Waals surface area contributed by atoms with Crippen molar-refractivity contribution in [1.29, 1.82) is 0 Å². The van der Waals surface area contributed by atoms with Crippen LogP contribution in [0.4, 0.5) is 0 Å². The molecule has 4 nitrogen and oxygen atoms in total. The zero-order valence-corrected chi connectivity index (χ0v) is 11.1. The molecule has 0 aliphatic rings. The number of pyridine rings is 1. The molecule has 1 heterocycles. The smallest absolute Gasteiger partial charge is 0.341 e. The third kappa shape index (κ3) is 2.38. The highest BCUT2D eigenvalue weighted by atomic mass is 16.4. The minimum Gasteiger partial charge on any atom is -0.477 e. The van der Waals surface area contributed by atoms with Crippen LogP contribution in [0.1, 0.15) is 35.7 Å². The van der Waals surface area contributed by atoms with Crippen LogP contribution in [0.2, 0.25) is 0 Å². The number of hydrogen-bond donors (Lipinski definition) is 1. The predicted molar refractivity (Wildman–Crippen MR) is 74.8 cm³/mol. The molecule has 1 aromatic heterocycles. The number of hydrogen-bond acceptors (Lipinski definition) is 2. The van der Waals surface area contributed by atoms with Crippen molar-refractivity contribution in [1.82, 2.24) is 4.57 Å². The van der Waals surface area contributed by atoms with Crippen LogP contribution in [0, 0.1) is 6.92 Å². The Bertz CT molecular complexity index is 686. The molecule has 2 aromatic rings. The quantitative estimate of drug-likeness (QED) is 0.918. The summed E-state index contributed by atoms with van der Waals surface area (Å²) in [5, 5.41) is 9.61. The molecule has 0 aliphatic heterocycles. The Labute approximate surface area is 111 Å². The fourth-order valence-corrected chi connectivity index (χ4v) is 2.30. The molecule has 0 saturated heterocycles. The van der Waals surface area contributed by atoms with Gasteiger partial charge in [-0.3, -0.25) is 4.79 Å². The van der Waals surface area contributed by atoms with Crippen molar-refractivity contribution in [2.75, 3.05) is 0 Å². The maximum absolute atomic E-state index is 12.2. The van der Waals surface area contributed by atoms with Crippen molar-refractivity contribution in [2.45, 2.75) is 33.2 Å². The first kappa shape index (κ1) is 13.3. The maximum Gasteiger partial charge on any atom is 0.341 e. The van der Waals surface area contributed by atoms with Gasteiger partial charge in [-0.25, -0.2) is 4.79 Å². The molecule has 100 valence electrons. The maximum atomic E-state index is 12.2. The number of carbonyl (C=O) groups is 1. The molecule has 0 unspecified atom stereocenters. The number of benzene rings is 1. The molecular weight excluding hydrogens is 242 g/mol. The van der Waals surface area contributed by atoms with Gasteiger partial charge in [0.15, 0.2) is 0 Å². The van der Waals surface area contributed by atoms with E-state index < -0.39 is 11.4 Å². The summed E-state index contributed by atoms with van der Waals surface area (Å²) in [4.78, 5) is 23.3. The van der Waals surface area contributed by atoms with Crippen LogP contribution in [0.15, 0.2) is 29.2 Å². The third-order valence-electron chi connectivity index (χ3n) is 3.28. The molecule has 0 fully saturated rings. The van der Waals surface area contributed by atoms with Crippen LogP contribution in [-0.4, -0.2) is 15.6 Å². The average molecular weight is 259 g/mol. The van der Waals surface area contributed by atoms with Crippen molar-refractivity contribution in [3.63, 3.8) is 0 Å². The summed E-state index contributed by atoms with van der Waals surface area (Å²) >= 11 is 0.